The first kappa shape index (κ1) is 15.2. The van der Waals surface area contributed by atoms with Gasteiger partial charge in [0.25, 0.3) is 0 Å². The lowest BCUT2D eigenvalue weighted by Crippen LogP contribution is -2.40. The van der Waals surface area contributed by atoms with Crippen molar-refractivity contribution in [3.8, 4) is 0 Å². The van der Waals surface area contributed by atoms with E-state index in [1.165, 1.54) is 30.6 Å². The van der Waals surface area contributed by atoms with E-state index in [0.717, 1.165) is 0 Å². The number of hydrogen-bond donors (Lipinski definition) is 1. The second-order valence-electron chi connectivity index (χ2n) is 8.17. The van der Waals surface area contributed by atoms with Crippen LogP contribution in [0.15, 0.2) is 24.3 Å². The van der Waals surface area contributed by atoms with E-state index < -0.39 is 0 Å². The molecular formula is C18H30N2. The third kappa shape index (κ3) is 3.68. The fourth-order valence-electron chi connectivity index (χ4n) is 4.15. The van der Waals surface area contributed by atoms with Crippen molar-refractivity contribution in [1.29, 1.82) is 0 Å². The molecule has 0 aliphatic heterocycles. The molecule has 0 aromatic heterocycles. The average Bonchev–Trinajstić information content (AvgIpc) is 2.24. The molecule has 1 fully saturated rings. The monoisotopic (exact) mass is 274 g/mol. The van der Waals surface area contributed by atoms with Gasteiger partial charge < -0.3 is 10.2 Å². The molecule has 2 nitrogen and oxygen atoms in total. The van der Waals surface area contributed by atoms with Crippen LogP contribution in [0.2, 0.25) is 0 Å². The first-order chi connectivity index (χ1) is 9.19. The predicted octanol–water partition coefficient (Wildman–Crippen LogP) is 4.77. The van der Waals surface area contributed by atoms with Gasteiger partial charge in [0, 0.05) is 20.1 Å². The summed E-state index contributed by atoms with van der Waals surface area (Å²) in [7, 11) is 4.21. The van der Waals surface area contributed by atoms with Crippen LogP contribution in [-0.4, -0.2) is 20.1 Å². The molecule has 0 atom stereocenters. The average molecular weight is 274 g/mol. The molecule has 0 saturated heterocycles. The van der Waals surface area contributed by atoms with Crippen LogP contribution in [0.3, 0.4) is 0 Å². The summed E-state index contributed by atoms with van der Waals surface area (Å²) in [6.45, 7) is 9.61. The van der Waals surface area contributed by atoms with Crippen molar-refractivity contribution in [3.05, 3.63) is 24.3 Å². The van der Waals surface area contributed by atoms with Crippen molar-refractivity contribution < 1.29 is 0 Å². The molecule has 2 rings (SSSR count). The first-order valence-corrected chi connectivity index (χ1v) is 7.71. The molecule has 112 valence electrons. The third-order valence-corrected chi connectivity index (χ3v) is 4.30. The Hall–Kier alpha value is -1.18. The Labute approximate surface area is 124 Å². The fourth-order valence-corrected chi connectivity index (χ4v) is 4.15. The second kappa shape index (κ2) is 5.31. The van der Waals surface area contributed by atoms with E-state index in [1.54, 1.807) is 0 Å². The molecule has 20 heavy (non-hydrogen) atoms. The van der Waals surface area contributed by atoms with Gasteiger partial charge in [0.2, 0.25) is 0 Å². The number of nitrogens with zero attached hydrogens (tertiary/aromatic N) is 1. The summed E-state index contributed by atoms with van der Waals surface area (Å²) in [4.78, 5) is 2.18. The summed E-state index contributed by atoms with van der Waals surface area (Å²) < 4.78 is 0. The molecule has 0 spiro atoms. The molecule has 1 aromatic carbocycles. The molecule has 0 bridgehead atoms. The predicted molar refractivity (Wildman–Crippen MR) is 89.6 cm³/mol. The Morgan fingerprint density at radius 1 is 1.00 bits per heavy atom. The minimum Gasteiger partial charge on any atom is -0.381 e. The van der Waals surface area contributed by atoms with Crippen LogP contribution in [0, 0.1) is 10.8 Å². The van der Waals surface area contributed by atoms with Crippen molar-refractivity contribution in [2.75, 3.05) is 24.3 Å². The summed E-state index contributed by atoms with van der Waals surface area (Å²) in [5.41, 5.74) is 3.38. The Morgan fingerprint density at radius 2 is 1.55 bits per heavy atom. The van der Waals surface area contributed by atoms with E-state index in [9.17, 15) is 0 Å². The maximum atomic E-state index is 3.80. The zero-order valence-corrected chi connectivity index (χ0v) is 14.0. The SMILES string of the molecule is CN(C)c1ccccc1NC1CC(C)(C)CC(C)(C)C1. The lowest BCUT2D eigenvalue weighted by atomic mass is 9.63. The van der Waals surface area contributed by atoms with E-state index in [4.69, 9.17) is 0 Å². The number of benzene rings is 1. The highest BCUT2D eigenvalue weighted by atomic mass is 15.1. The smallest absolute Gasteiger partial charge is 0.0596 e. The minimum atomic E-state index is 0.423. The van der Waals surface area contributed by atoms with Gasteiger partial charge in [-0.15, -0.1) is 0 Å². The highest BCUT2D eigenvalue weighted by molar-refractivity contribution is 5.69. The molecule has 1 aliphatic rings. The van der Waals surface area contributed by atoms with E-state index in [0.29, 0.717) is 16.9 Å². The second-order valence-corrected chi connectivity index (χ2v) is 8.17. The van der Waals surface area contributed by atoms with Gasteiger partial charge in [0.05, 0.1) is 11.4 Å². The number of nitrogens with one attached hydrogen (secondary N) is 1. The number of rotatable bonds is 3. The summed E-state index contributed by atoms with van der Waals surface area (Å²) >= 11 is 0. The van der Waals surface area contributed by atoms with Gasteiger partial charge in [0.15, 0.2) is 0 Å². The van der Waals surface area contributed by atoms with Gasteiger partial charge in [-0.3, -0.25) is 0 Å². The zero-order valence-electron chi connectivity index (χ0n) is 14.0. The van der Waals surface area contributed by atoms with Crippen molar-refractivity contribution in [2.24, 2.45) is 10.8 Å². The Morgan fingerprint density at radius 3 is 2.10 bits per heavy atom. The lowest BCUT2D eigenvalue weighted by molar-refractivity contribution is 0.105. The van der Waals surface area contributed by atoms with Crippen molar-refractivity contribution in [3.63, 3.8) is 0 Å². The lowest BCUT2D eigenvalue weighted by Gasteiger charge is -2.45. The number of anilines is 2. The molecule has 1 N–H and O–H groups in total. The Kier molecular flexibility index (Phi) is 4.04. The van der Waals surface area contributed by atoms with Crippen molar-refractivity contribution >= 4 is 11.4 Å². The summed E-state index contributed by atoms with van der Waals surface area (Å²) in [5.74, 6) is 0. The van der Waals surface area contributed by atoms with Crippen LogP contribution in [-0.2, 0) is 0 Å². The van der Waals surface area contributed by atoms with Gasteiger partial charge in [-0.25, -0.2) is 0 Å². The third-order valence-electron chi connectivity index (χ3n) is 4.30. The first-order valence-electron chi connectivity index (χ1n) is 7.71. The van der Waals surface area contributed by atoms with Crippen LogP contribution < -0.4 is 10.2 Å². The summed E-state index contributed by atoms with van der Waals surface area (Å²) in [5, 5.41) is 3.80. The van der Waals surface area contributed by atoms with Crippen LogP contribution >= 0.6 is 0 Å². The van der Waals surface area contributed by atoms with Crippen LogP contribution in [0.1, 0.15) is 47.0 Å². The molecule has 1 saturated carbocycles. The maximum Gasteiger partial charge on any atom is 0.0596 e. The Balaban J connectivity index is 2.18. The van der Waals surface area contributed by atoms with Gasteiger partial charge >= 0.3 is 0 Å². The van der Waals surface area contributed by atoms with Crippen LogP contribution in [0.4, 0.5) is 11.4 Å². The van der Waals surface area contributed by atoms with Gasteiger partial charge in [-0.2, -0.15) is 0 Å². The highest BCUT2D eigenvalue weighted by Gasteiger charge is 2.38. The van der Waals surface area contributed by atoms with E-state index in [2.05, 4.69) is 76.3 Å². The standard InChI is InChI=1S/C18H30N2/c1-17(2)11-14(12-18(3,4)13-17)19-15-9-7-8-10-16(15)20(5)6/h7-10,14,19H,11-13H2,1-6H3. The largest absolute Gasteiger partial charge is 0.381 e. The molecule has 1 aromatic rings. The molecule has 1 aliphatic carbocycles. The molecule has 0 radical (unpaired) electrons. The van der Waals surface area contributed by atoms with E-state index in [-0.39, 0.29) is 0 Å². The summed E-state index contributed by atoms with van der Waals surface area (Å²) in [6, 6.07) is 9.17. The molecule has 0 amide bonds. The van der Waals surface area contributed by atoms with Gasteiger partial charge in [-0.1, -0.05) is 39.8 Å². The van der Waals surface area contributed by atoms with Crippen molar-refractivity contribution in [1.82, 2.24) is 0 Å². The number of para-hydroxylation sites is 2. The highest BCUT2D eigenvalue weighted by Crippen LogP contribution is 2.46. The number of hydrogen-bond acceptors (Lipinski definition) is 2. The molecular weight excluding hydrogens is 244 g/mol. The molecule has 0 heterocycles. The normalized spacial score (nSPS) is 21.5. The fraction of sp³-hybridized carbons (Fsp3) is 0.667. The van der Waals surface area contributed by atoms with Crippen LogP contribution in [0.5, 0.6) is 0 Å². The molecule has 2 heteroatoms. The minimum absolute atomic E-state index is 0.423. The van der Waals surface area contributed by atoms with E-state index in [1.807, 2.05) is 0 Å². The van der Waals surface area contributed by atoms with Gasteiger partial charge in [-0.05, 0) is 42.2 Å². The topological polar surface area (TPSA) is 15.3 Å². The quantitative estimate of drug-likeness (QED) is 0.854. The maximum absolute atomic E-state index is 3.80. The van der Waals surface area contributed by atoms with Gasteiger partial charge in [0.1, 0.15) is 0 Å². The Bertz CT molecular complexity index is 444. The van der Waals surface area contributed by atoms with Crippen LogP contribution in [0.25, 0.3) is 0 Å². The zero-order chi connectivity index (χ0) is 15.0. The molecule has 0 unspecified atom stereocenters. The van der Waals surface area contributed by atoms with E-state index >= 15 is 0 Å². The summed E-state index contributed by atoms with van der Waals surface area (Å²) in [6.07, 6.45) is 3.81. The van der Waals surface area contributed by atoms with Crippen molar-refractivity contribution in [2.45, 2.75) is 53.0 Å².